The van der Waals surface area contributed by atoms with Crippen LogP contribution in [0.3, 0.4) is 0 Å². The molecular weight excluding hydrogens is 496 g/mol. The van der Waals surface area contributed by atoms with Gasteiger partial charge in [0.05, 0.1) is 85.9 Å². The normalized spacial score (nSPS) is 20.3. The lowest BCUT2D eigenvalue weighted by atomic mass is 10.2. The Labute approximate surface area is 224 Å². The van der Waals surface area contributed by atoms with Gasteiger partial charge >= 0.3 is 0 Å². The zero-order valence-corrected chi connectivity index (χ0v) is 21.9. The summed E-state index contributed by atoms with van der Waals surface area (Å²) < 4.78 is 51.0. The van der Waals surface area contributed by atoms with E-state index in [9.17, 15) is 5.11 Å². The van der Waals surface area contributed by atoms with Gasteiger partial charge in [-0.25, -0.2) is 0 Å². The highest BCUT2D eigenvalue weighted by Gasteiger charge is 2.11. The van der Waals surface area contributed by atoms with E-state index in [1.807, 2.05) is 30.3 Å². The van der Waals surface area contributed by atoms with Crippen LogP contribution >= 0.6 is 0 Å². The maximum atomic E-state index is 10.4. The Kier molecular flexibility index (Phi) is 15.5. The first-order chi connectivity index (χ1) is 18.8. The van der Waals surface area contributed by atoms with E-state index < -0.39 is 0 Å². The fourth-order valence-electron chi connectivity index (χ4n) is 3.43. The molecule has 1 unspecified atom stereocenters. The van der Waals surface area contributed by atoms with Crippen molar-refractivity contribution >= 4 is 0 Å². The van der Waals surface area contributed by atoms with Gasteiger partial charge in [-0.05, 0) is 17.7 Å². The van der Waals surface area contributed by atoms with E-state index >= 15 is 0 Å². The molecule has 10 heteroatoms. The Bertz CT molecular complexity index is 851. The fraction of sp³-hybridized carbons (Fsp3) is 0.571. The molecule has 1 aliphatic rings. The molecule has 2 aromatic carbocycles. The average Bonchev–Trinajstić information content (AvgIpc) is 2.94. The second kappa shape index (κ2) is 19.6. The Balaban J connectivity index is 1.39. The van der Waals surface area contributed by atoms with Gasteiger partial charge in [-0.15, -0.1) is 0 Å². The molecule has 1 heterocycles. The first-order valence-electron chi connectivity index (χ1n) is 13.0. The maximum Gasteiger partial charge on any atom is 0.200 e. The molecule has 0 amide bonds. The number of phenols is 1. The first kappa shape index (κ1) is 30.1. The van der Waals surface area contributed by atoms with Gasteiger partial charge in [-0.2, -0.15) is 0 Å². The third-order valence-electron chi connectivity index (χ3n) is 5.35. The van der Waals surface area contributed by atoms with Gasteiger partial charge in [-0.1, -0.05) is 36.4 Å². The number of aromatic hydroxyl groups is 1. The Morgan fingerprint density at radius 2 is 1.13 bits per heavy atom. The molecule has 10 nitrogen and oxygen atoms in total. The van der Waals surface area contributed by atoms with Crippen LogP contribution in [0.5, 0.6) is 17.2 Å². The van der Waals surface area contributed by atoms with Crippen molar-refractivity contribution in [2.75, 3.05) is 92.5 Å². The van der Waals surface area contributed by atoms with Crippen LogP contribution in [-0.2, 0) is 39.8 Å². The maximum absolute atomic E-state index is 10.4. The summed E-state index contributed by atoms with van der Waals surface area (Å²) in [6.45, 7) is 6.06. The van der Waals surface area contributed by atoms with E-state index in [0.29, 0.717) is 97.4 Å². The summed E-state index contributed by atoms with van der Waals surface area (Å²) in [7, 11) is 0. The summed E-state index contributed by atoms with van der Waals surface area (Å²) >= 11 is 0. The average molecular weight is 537 g/mol. The molecule has 0 radical (unpaired) electrons. The van der Waals surface area contributed by atoms with Gasteiger partial charge in [0.2, 0.25) is 5.75 Å². The second-order valence-corrected chi connectivity index (χ2v) is 8.32. The summed E-state index contributed by atoms with van der Waals surface area (Å²) in [6.07, 6.45) is -0.220. The number of benzene rings is 2. The number of ether oxygens (including phenoxy) is 9. The monoisotopic (exact) mass is 536 g/mol. The lowest BCUT2D eigenvalue weighted by molar-refractivity contribution is -0.0842. The highest BCUT2D eigenvalue weighted by molar-refractivity contribution is 5.49. The molecule has 0 fully saturated rings. The van der Waals surface area contributed by atoms with Crippen molar-refractivity contribution in [1.82, 2.24) is 0 Å². The molecule has 1 atom stereocenters. The predicted octanol–water partition coefficient (Wildman–Crippen LogP) is 2.85. The van der Waals surface area contributed by atoms with Crippen LogP contribution < -0.4 is 9.47 Å². The summed E-state index contributed by atoms with van der Waals surface area (Å²) in [5.41, 5.74) is 1.11. The highest BCUT2D eigenvalue weighted by atomic mass is 16.6. The van der Waals surface area contributed by atoms with E-state index in [1.54, 1.807) is 18.2 Å². The van der Waals surface area contributed by atoms with E-state index in [2.05, 4.69) is 0 Å². The van der Waals surface area contributed by atoms with Crippen LogP contribution in [0.1, 0.15) is 5.56 Å². The smallest absolute Gasteiger partial charge is 0.200 e. The number of hydrogen-bond donors (Lipinski definition) is 1. The van der Waals surface area contributed by atoms with Crippen LogP contribution in [-0.4, -0.2) is 104 Å². The van der Waals surface area contributed by atoms with Crippen LogP contribution in [0, 0.1) is 0 Å². The zero-order valence-electron chi connectivity index (χ0n) is 21.9. The van der Waals surface area contributed by atoms with Crippen LogP contribution in [0.2, 0.25) is 0 Å². The quantitative estimate of drug-likeness (QED) is 0.627. The molecule has 0 spiro atoms. The van der Waals surface area contributed by atoms with Crippen molar-refractivity contribution in [3.8, 4) is 17.2 Å². The fourth-order valence-corrected chi connectivity index (χ4v) is 3.43. The summed E-state index contributed by atoms with van der Waals surface area (Å²) in [5.74, 6) is 0.627. The number of fused-ring (bicyclic) bond motifs is 2. The van der Waals surface area contributed by atoms with Crippen LogP contribution in [0.25, 0.3) is 0 Å². The van der Waals surface area contributed by atoms with Gasteiger partial charge < -0.3 is 47.7 Å². The largest absolute Gasteiger partial charge is 0.502 e. The standard InChI is InChI=1S/C28H40O10/c29-28-26-7-4-8-27(28)38-20-17-33-12-11-31-15-18-36-25(23-35-21-24-5-2-1-3-6-24)22-34-14-13-30-9-10-32-16-19-37-26/h1-8,25,29H,9-23H2. The minimum Gasteiger partial charge on any atom is -0.502 e. The van der Waals surface area contributed by atoms with Gasteiger partial charge in [0.1, 0.15) is 19.3 Å². The third-order valence-corrected chi connectivity index (χ3v) is 5.35. The predicted molar refractivity (Wildman–Crippen MR) is 139 cm³/mol. The molecule has 0 aliphatic carbocycles. The number of para-hydroxylation sites is 1. The van der Waals surface area contributed by atoms with Gasteiger partial charge in [-0.3, -0.25) is 0 Å². The van der Waals surface area contributed by atoms with Gasteiger partial charge in [0.25, 0.3) is 0 Å². The highest BCUT2D eigenvalue weighted by Crippen LogP contribution is 2.35. The Hall–Kier alpha value is -2.44. The third kappa shape index (κ3) is 12.9. The molecule has 1 N–H and O–H groups in total. The molecule has 212 valence electrons. The Morgan fingerprint density at radius 3 is 1.74 bits per heavy atom. The molecule has 0 saturated heterocycles. The number of phenolic OH excluding ortho intramolecular Hbond substituents is 1. The molecule has 0 aromatic heterocycles. The van der Waals surface area contributed by atoms with Crippen LogP contribution in [0.15, 0.2) is 48.5 Å². The lowest BCUT2D eigenvalue weighted by Crippen LogP contribution is -2.28. The van der Waals surface area contributed by atoms with Crippen molar-refractivity contribution in [3.63, 3.8) is 0 Å². The summed E-state index contributed by atoms with van der Waals surface area (Å²) in [4.78, 5) is 0. The van der Waals surface area contributed by atoms with Crippen molar-refractivity contribution in [2.45, 2.75) is 12.7 Å². The SMILES string of the molecule is Oc1c2cccc1OCCOCCOCCOC(COCc1ccccc1)COCCOCCOCCO2. The molecular formula is C28H40O10. The van der Waals surface area contributed by atoms with E-state index in [1.165, 1.54) is 0 Å². The van der Waals surface area contributed by atoms with Crippen molar-refractivity contribution in [3.05, 3.63) is 54.1 Å². The molecule has 3 rings (SSSR count). The minimum absolute atomic E-state index is 0.0477. The summed E-state index contributed by atoms with van der Waals surface area (Å²) in [5, 5.41) is 10.4. The minimum atomic E-state index is -0.220. The van der Waals surface area contributed by atoms with E-state index in [-0.39, 0.29) is 25.1 Å². The van der Waals surface area contributed by atoms with Gasteiger partial charge in [0.15, 0.2) is 11.5 Å². The zero-order chi connectivity index (χ0) is 26.5. The van der Waals surface area contributed by atoms with Crippen molar-refractivity contribution in [1.29, 1.82) is 0 Å². The molecule has 0 saturated carbocycles. The molecule has 1 aliphatic heterocycles. The number of rotatable bonds is 4. The second-order valence-electron chi connectivity index (χ2n) is 8.32. The number of hydrogen-bond acceptors (Lipinski definition) is 10. The molecule has 38 heavy (non-hydrogen) atoms. The molecule has 2 bridgehead atoms. The van der Waals surface area contributed by atoms with Gasteiger partial charge in [0, 0.05) is 0 Å². The topological polar surface area (TPSA) is 103 Å². The van der Waals surface area contributed by atoms with Crippen molar-refractivity contribution < 1.29 is 47.7 Å². The first-order valence-corrected chi connectivity index (χ1v) is 13.0. The lowest BCUT2D eigenvalue weighted by Gasteiger charge is -2.18. The Morgan fingerprint density at radius 1 is 0.605 bits per heavy atom. The van der Waals surface area contributed by atoms with E-state index in [0.717, 1.165) is 5.56 Å². The van der Waals surface area contributed by atoms with Crippen molar-refractivity contribution in [2.24, 2.45) is 0 Å². The molecule has 2 aromatic rings. The summed E-state index contributed by atoms with van der Waals surface area (Å²) in [6, 6.07) is 15.1. The van der Waals surface area contributed by atoms with E-state index in [4.69, 9.17) is 42.6 Å². The van der Waals surface area contributed by atoms with Crippen LogP contribution in [0.4, 0.5) is 0 Å².